The third-order valence-electron chi connectivity index (χ3n) is 6.11. The lowest BCUT2D eigenvalue weighted by Crippen LogP contribution is -2.51. The molecule has 0 aliphatic carbocycles. The van der Waals surface area contributed by atoms with Gasteiger partial charge in [0.2, 0.25) is 5.91 Å². The summed E-state index contributed by atoms with van der Waals surface area (Å²) in [4.78, 5) is 29.8. The zero-order valence-electron chi connectivity index (χ0n) is 17.9. The fraction of sp³-hybridized carbons (Fsp3) is 0.375. The van der Waals surface area contributed by atoms with E-state index in [1.165, 1.54) is 21.8 Å². The zero-order chi connectivity index (χ0) is 21.3. The summed E-state index contributed by atoms with van der Waals surface area (Å²) >= 11 is 0. The molecule has 4 rings (SSSR count). The molecule has 156 valence electrons. The molecule has 0 N–H and O–H groups in total. The van der Waals surface area contributed by atoms with Gasteiger partial charge >= 0.3 is 0 Å². The SMILES string of the molecule is Cc1ccccc1N1N=C(C(=O)N2CCN(c3cccc(C)c3C)CC2)CCC1=O. The van der Waals surface area contributed by atoms with Crippen molar-refractivity contribution in [3.8, 4) is 0 Å². The average molecular weight is 405 g/mol. The van der Waals surface area contributed by atoms with Gasteiger partial charge in [0.25, 0.3) is 5.91 Å². The van der Waals surface area contributed by atoms with E-state index in [0.717, 1.165) is 24.3 Å². The Hall–Kier alpha value is -3.15. The normalized spacial score (nSPS) is 17.2. The van der Waals surface area contributed by atoms with Crippen LogP contribution in [0.25, 0.3) is 0 Å². The molecule has 1 saturated heterocycles. The molecule has 2 heterocycles. The lowest BCUT2D eigenvalue weighted by atomic mass is 10.1. The lowest BCUT2D eigenvalue weighted by Gasteiger charge is -2.37. The standard InChI is InChI=1S/C24H28N4O2/c1-17-8-6-10-22(19(17)3)26-13-15-27(16-14-26)24(30)20-11-12-23(29)28(25-20)21-9-5-4-7-18(21)2/h4-10H,11-16H2,1-3H3. The van der Waals surface area contributed by atoms with Gasteiger partial charge in [0.05, 0.1) is 5.69 Å². The maximum absolute atomic E-state index is 13.1. The van der Waals surface area contributed by atoms with Gasteiger partial charge in [0.15, 0.2) is 0 Å². The van der Waals surface area contributed by atoms with Crippen molar-refractivity contribution >= 4 is 28.9 Å². The van der Waals surface area contributed by atoms with Crippen LogP contribution in [0.4, 0.5) is 11.4 Å². The summed E-state index contributed by atoms with van der Waals surface area (Å²) < 4.78 is 0. The molecule has 2 aromatic carbocycles. The maximum Gasteiger partial charge on any atom is 0.270 e. The number of carbonyl (C=O) groups excluding carboxylic acids is 2. The van der Waals surface area contributed by atoms with E-state index in [9.17, 15) is 9.59 Å². The Morgan fingerprint density at radius 1 is 0.833 bits per heavy atom. The van der Waals surface area contributed by atoms with Gasteiger partial charge < -0.3 is 9.80 Å². The Morgan fingerprint density at radius 3 is 2.23 bits per heavy atom. The van der Waals surface area contributed by atoms with Gasteiger partial charge in [-0.25, -0.2) is 5.01 Å². The molecule has 0 spiro atoms. The van der Waals surface area contributed by atoms with E-state index in [4.69, 9.17) is 0 Å². The predicted molar refractivity (Wildman–Crippen MR) is 120 cm³/mol. The van der Waals surface area contributed by atoms with Gasteiger partial charge in [0, 0.05) is 44.7 Å². The Kier molecular flexibility index (Phi) is 5.57. The molecule has 0 atom stereocenters. The first-order valence-corrected chi connectivity index (χ1v) is 10.5. The highest BCUT2D eigenvalue weighted by atomic mass is 16.2. The van der Waals surface area contributed by atoms with Gasteiger partial charge in [-0.1, -0.05) is 30.3 Å². The van der Waals surface area contributed by atoms with Crippen LogP contribution in [0.2, 0.25) is 0 Å². The van der Waals surface area contributed by atoms with Crippen molar-refractivity contribution in [2.75, 3.05) is 36.1 Å². The lowest BCUT2D eigenvalue weighted by molar-refractivity contribution is -0.124. The molecule has 2 aliphatic rings. The minimum Gasteiger partial charge on any atom is -0.368 e. The van der Waals surface area contributed by atoms with Gasteiger partial charge in [0.1, 0.15) is 5.71 Å². The Labute approximate surface area is 177 Å². The predicted octanol–water partition coefficient (Wildman–Crippen LogP) is 3.44. The number of hydrogen-bond acceptors (Lipinski definition) is 4. The molecule has 0 unspecified atom stereocenters. The van der Waals surface area contributed by atoms with Crippen LogP contribution in [0.3, 0.4) is 0 Å². The van der Waals surface area contributed by atoms with Gasteiger partial charge in [-0.3, -0.25) is 9.59 Å². The highest BCUT2D eigenvalue weighted by molar-refractivity contribution is 6.40. The number of hydrazone groups is 1. The van der Waals surface area contributed by atoms with Crippen molar-refractivity contribution in [3.63, 3.8) is 0 Å². The molecule has 0 aromatic heterocycles. The molecule has 2 amide bonds. The van der Waals surface area contributed by atoms with Crippen LogP contribution in [-0.4, -0.2) is 48.6 Å². The summed E-state index contributed by atoms with van der Waals surface area (Å²) in [6.07, 6.45) is 0.707. The third-order valence-corrected chi connectivity index (χ3v) is 6.11. The second kappa shape index (κ2) is 8.30. The smallest absolute Gasteiger partial charge is 0.270 e. The topological polar surface area (TPSA) is 56.2 Å². The second-order valence-corrected chi connectivity index (χ2v) is 8.04. The van der Waals surface area contributed by atoms with Gasteiger partial charge in [-0.2, -0.15) is 5.10 Å². The number of hydrogen-bond donors (Lipinski definition) is 0. The number of nitrogens with zero attached hydrogens (tertiary/aromatic N) is 4. The largest absolute Gasteiger partial charge is 0.368 e. The van der Waals surface area contributed by atoms with Crippen molar-refractivity contribution in [2.24, 2.45) is 5.10 Å². The maximum atomic E-state index is 13.1. The Morgan fingerprint density at radius 2 is 1.50 bits per heavy atom. The summed E-state index contributed by atoms with van der Waals surface area (Å²) in [7, 11) is 0. The van der Waals surface area contributed by atoms with Crippen LogP contribution in [0.1, 0.15) is 29.5 Å². The van der Waals surface area contributed by atoms with Crippen molar-refractivity contribution in [1.29, 1.82) is 0 Å². The molecular formula is C24H28N4O2. The van der Waals surface area contributed by atoms with E-state index in [2.05, 4.69) is 42.0 Å². The second-order valence-electron chi connectivity index (χ2n) is 8.04. The minimum atomic E-state index is -0.0689. The fourth-order valence-electron chi connectivity index (χ4n) is 4.11. The number of amides is 2. The van der Waals surface area contributed by atoms with Crippen molar-refractivity contribution in [1.82, 2.24) is 4.90 Å². The van der Waals surface area contributed by atoms with E-state index >= 15 is 0 Å². The number of carbonyl (C=O) groups is 2. The molecule has 30 heavy (non-hydrogen) atoms. The first kappa shape index (κ1) is 20.1. The van der Waals surface area contributed by atoms with Crippen LogP contribution in [0.15, 0.2) is 47.6 Å². The highest BCUT2D eigenvalue weighted by Gasteiger charge is 2.30. The van der Waals surface area contributed by atoms with Crippen LogP contribution in [0, 0.1) is 20.8 Å². The molecular weight excluding hydrogens is 376 g/mol. The molecule has 2 aromatic rings. The molecule has 0 radical (unpaired) electrons. The van der Waals surface area contributed by atoms with Crippen LogP contribution in [-0.2, 0) is 9.59 Å². The van der Waals surface area contributed by atoms with E-state index in [1.807, 2.05) is 36.1 Å². The number of rotatable bonds is 3. The van der Waals surface area contributed by atoms with E-state index < -0.39 is 0 Å². The number of benzene rings is 2. The van der Waals surface area contributed by atoms with Crippen LogP contribution >= 0.6 is 0 Å². The fourth-order valence-corrected chi connectivity index (χ4v) is 4.11. The number of para-hydroxylation sites is 1. The Balaban J connectivity index is 1.47. The Bertz CT molecular complexity index is 1010. The molecule has 0 saturated carbocycles. The third kappa shape index (κ3) is 3.82. The average Bonchev–Trinajstić information content (AvgIpc) is 2.76. The number of anilines is 2. The highest BCUT2D eigenvalue weighted by Crippen LogP contribution is 2.26. The first-order chi connectivity index (χ1) is 14.5. The van der Waals surface area contributed by atoms with E-state index in [-0.39, 0.29) is 11.8 Å². The zero-order valence-corrected chi connectivity index (χ0v) is 17.9. The number of piperazine rings is 1. The molecule has 1 fully saturated rings. The molecule has 6 nitrogen and oxygen atoms in total. The van der Waals surface area contributed by atoms with Gasteiger partial charge in [-0.15, -0.1) is 0 Å². The molecule has 2 aliphatic heterocycles. The molecule has 6 heteroatoms. The first-order valence-electron chi connectivity index (χ1n) is 10.5. The minimum absolute atomic E-state index is 0.0540. The summed E-state index contributed by atoms with van der Waals surface area (Å²) in [6.45, 7) is 9.12. The van der Waals surface area contributed by atoms with Crippen molar-refractivity contribution < 1.29 is 9.59 Å². The quantitative estimate of drug-likeness (QED) is 0.787. The van der Waals surface area contributed by atoms with E-state index in [1.54, 1.807) is 0 Å². The van der Waals surface area contributed by atoms with Crippen molar-refractivity contribution in [2.45, 2.75) is 33.6 Å². The summed E-state index contributed by atoms with van der Waals surface area (Å²) in [6, 6.07) is 14.0. The molecule has 0 bridgehead atoms. The monoisotopic (exact) mass is 404 g/mol. The van der Waals surface area contributed by atoms with Crippen LogP contribution in [0.5, 0.6) is 0 Å². The van der Waals surface area contributed by atoms with Gasteiger partial charge in [-0.05, 0) is 49.6 Å². The summed E-state index contributed by atoms with van der Waals surface area (Å²) in [5.41, 5.74) is 5.99. The summed E-state index contributed by atoms with van der Waals surface area (Å²) in [5.74, 6) is -0.123. The van der Waals surface area contributed by atoms with Crippen LogP contribution < -0.4 is 9.91 Å². The van der Waals surface area contributed by atoms with Crippen molar-refractivity contribution in [3.05, 3.63) is 59.2 Å². The van der Waals surface area contributed by atoms with E-state index in [0.29, 0.717) is 31.6 Å². The summed E-state index contributed by atoms with van der Waals surface area (Å²) in [5, 5.41) is 5.87. The number of aryl methyl sites for hydroxylation is 2.